The highest BCUT2D eigenvalue weighted by molar-refractivity contribution is 5.75. The van der Waals surface area contributed by atoms with E-state index in [2.05, 4.69) is 12.1 Å². The molecule has 0 bridgehead atoms. The van der Waals surface area contributed by atoms with Gasteiger partial charge in [-0.15, -0.1) is 0 Å². The summed E-state index contributed by atoms with van der Waals surface area (Å²) in [6.07, 6.45) is 3.53. The van der Waals surface area contributed by atoms with E-state index in [-0.39, 0.29) is 5.82 Å². The summed E-state index contributed by atoms with van der Waals surface area (Å²) in [6, 6.07) is 6.32. The van der Waals surface area contributed by atoms with Gasteiger partial charge in [0.15, 0.2) is 0 Å². The third kappa shape index (κ3) is 2.11. The molecular weight excluding hydrogens is 243 g/mol. The van der Waals surface area contributed by atoms with Crippen molar-refractivity contribution in [1.82, 2.24) is 5.16 Å². The van der Waals surface area contributed by atoms with E-state index < -0.39 is 0 Å². The van der Waals surface area contributed by atoms with Gasteiger partial charge in [-0.05, 0) is 30.0 Å². The van der Waals surface area contributed by atoms with E-state index in [1.807, 2.05) is 0 Å². The molecule has 2 unspecified atom stereocenters. The summed E-state index contributed by atoms with van der Waals surface area (Å²) in [5.74, 6) is 1.04. The van der Waals surface area contributed by atoms with Gasteiger partial charge >= 0.3 is 0 Å². The van der Waals surface area contributed by atoms with E-state index in [1.165, 1.54) is 25.0 Å². The van der Waals surface area contributed by atoms with Gasteiger partial charge in [-0.1, -0.05) is 37.1 Å². The van der Waals surface area contributed by atoms with Crippen molar-refractivity contribution in [3.8, 4) is 11.1 Å². The van der Waals surface area contributed by atoms with E-state index in [4.69, 9.17) is 10.3 Å². The van der Waals surface area contributed by atoms with Crippen LogP contribution in [0, 0.1) is 11.7 Å². The Labute approximate surface area is 111 Å². The fourth-order valence-corrected chi connectivity index (χ4v) is 3.03. The van der Waals surface area contributed by atoms with Crippen LogP contribution in [0.5, 0.6) is 0 Å². The van der Waals surface area contributed by atoms with Gasteiger partial charge in [0, 0.05) is 5.92 Å². The summed E-state index contributed by atoms with van der Waals surface area (Å²) >= 11 is 0. The van der Waals surface area contributed by atoms with Crippen LogP contribution < -0.4 is 5.73 Å². The highest BCUT2D eigenvalue weighted by atomic mass is 19.1. The SMILES string of the molecule is CC1CCCC1c1noc(N)c1-c1ccc(F)cc1. The normalized spacial score (nSPS) is 22.8. The third-order valence-electron chi connectivity index (χ3n) is 4.09. The van der Waals surface area contributed by atoms with Gasteiger partial charge < -0.3 is 10.3 Å². The molecule has 1 aromatic heterocycles. The van der Waals surface area contributed by atoms with Gasteiger partial charge in [0.1, 0.15) is 5.82 Å². The first kappa shape index (κ1) is 12.2. The van der Waals surface area contributed by atoms with Gasteiger partial charge in [0.2, 0.25) is 5.88 Å². The van der Waals surface area contributed by atoms with Gasteiger partial charge in [0.25, 0.3) is 0 Å². The van der Waals surface area contributed by atoms with Crippen molar-refractivity contribution < 1.29 is 8.91 Å². The topological polar surface area (TPSA) is 52.0 Å². The number of aromatic nitrogens is 1. The van der Waals surface area contributed by atoms with Crippen molar-refractivity contribution in [2.24, 2.45) is 5.92 Å². The largest absolute Gasteiger partial charge is 0.367 e. The van der Waals surface area contributed by atoms with E-state index in [0.717, 1.165) is 23.2 Å². The Morgan fingerprint density at radius 3 is 2.63 bits per heavy atom. The molecule has 19 heavy (non-hydrogen) atoms. The van der Waals surface area contributed by atoms with Crippen LogP contribution in [0.4, 0.5) is 10.3 Å². The van der Waals surface area contributed by atoms with Gasteiger partial charge in [0.05, 0.1) is 11.3 Å². The summed E-state index contributed by atoms with van der Waals surface area (Å²) in [4.78, 5) is 0. The lowest BCUT2D eigenvalue weighted by atomic mass is 9.90. The van der Waals surface area contributed by atoms with Crippen molar-refractivity contribution in [3.05, 3.63) is 35.8 Å². The lowest BCUT2D eigenvalue weighted by Crippen LogP contribution is -2.04. The average Bonchev–Trinajstić information content (AvgIpc) is 2.97. The number of nitrogens with zero attached hydrogens (tertiary/aromatic N) is 1. The summed E-state index contributed by atoms with van der Waals surface area (Å²) < 4.78 is 18.2. The summed E-state index contributed by atoms with van der Waals surface area (Å²) in [5.41, 5.74) is 8.53. The predicted octanol–water partition coefficient (Wildman–Crippen LogP) is 3.97. The minimum atomic E-state index is -0.255. The molecule has 1 fully saturated rings. The second-order valence-electron chi connectivity index (χ2n) is 5.33. The van der Waals surface area contributed by atoms with Crippen molar-refractivity contribution in [1.29, 1.82) is 0 Å². The Hall–Kier alpha value is -1.84. The van der Waals surface area contributed by atoms with Crippen molar-refractivity contribution >= 4 is 5.88 Å². The van der Waals surface area contributed by atoms with E-state index in [1.54, 1.807) is 12.1 Å². The first-order valence-electron chi connectivity index (χ1n) is 6.68. The molecule has 1 aliphatic rings. The molecule has 0 amide bonds. The first-order valence-corrected chi connectivity index (χ1v) is 6.68. The number of nitrogens with two attached hydrogens (primary N) is 1. The lowest BCUT2D eigenvalue weighted by Gasteiger charge is -2.13. The first-order chi connectivity index (χ1) is 9.16. The van der Waals surface area contributed by atoms with Crippen LogP contribution in [0.25, 0.3) is 11.1 Å². The van der Waals surface area contributed by atoms with Crippen LogP contribution in [0.3, 0.4) is 0 Å². The van der Waals surface area contributed by atoms with E-state index in [9.17, 15) is 4.39 Å². The minimum absolute atomic E-state index is 0.255. The van der Waals surface area contributed by atoms with Crippen LogP contribution in [-0.4, -0.2) is 5.16 Å². The molecule has 1 heterocycles. The van der Waals surface area contributed by atoms with Crippen molar-refractivity contribution in [3.63, 3.8) is 0 Å². The number of hydrogen-bond acceptors (Lipinski definition) is 3. The zero-order valence-corrected chi connectivity index (χ0v) is 10.9. The lowest BCUT2D eigenvalue weighted by molar-refractivity contribution is 0.407. The maximum Gasteiger partial charge on any atom is 0.230 e. The zero-order valence-electron chi connectivity index (χ0n) is 10.9. The number of rotatable bonds is 2. The molecule has 2 atom stereocenters. The molecule has 100 valence electrons. The van der Waals surface area contributed by atoms with Gasteiger partial charge in [-0.3, -0.25) is 0 Å². The Balaban J connectivity index is 2.05. The van der Waals surface area contributed by atoms with Crippen LogP contribution in [0.1, 0.15) is 37.8 Å². The number of anilines is 1. The molecule has 0 spiro atoms. The second kappa shape index (κ2) is 4.68. The van der Waals surface area contributed by atoms with Crippen molar-refractivity contribution in [2.45, 2.75) is 32.1 Å². The Morgan fingerprint density at radius 1 is 1.26 bits per heavy atom. The van der Waals surface area contributed by atoms with E-state index in [0.29, 0.717) is 17.7 Å². The maximum absolute atomic E-state index is 13.0. The highest BCUT2D eigenvalue weighted by Gasteiger charge is 2.31. The molecule has 0 aliphatic heterocycles. The molecule has 1 saturated carbocycles. The fourth-order valence-electron chi connectivity index (χ4n) is 3.03. The molecule has 0 saturated heterocycles. The number of halogens is 1. The van der Waals surface area contributed by atoms with Gasteiger partial charge in [-0.2, -0.15) is 0 Å². The molecule has 2 aromatic rings. The quantitative estimate of drug-likeness (QED) is 0.889. The fraction of sp³-hybridized carbons (Fsp3) is 0.400. The molecular formula is C15H17FN2O. The Kier molecular flexibility index (Phi) is 3.01. The maximum atomic E-state index is 13.0. The zero-order chi connectivity index (χ0) is 13.4. The smallest absolute Gasteiger partial charge is 0.230 e. The number of benzene rings is 1. The van der Waals surface area contributed by atoms with Crippen LogP contribution in [0.15, 0.2) is 28.8 Å². The monoisotopic (exact) mass is 260 g/mol. The van der Waals surface area contributed by atoms with Crippen LogP contribution >= 0.6 is 0 Å². The summed E-state index contributed by atoms with van der Waals surface area (Å²) in [6.45, 7) is 2.23. The molecule has 3 nitrogen and oxygen atoms in total. The molecule has 2 N–H and O–H groups in total. The number of hydrogen-bond donors (Lipinski definition) is 1. The Morgan fingerprint density at radius 2 is 2.00 bits per heavy atom. The van der Waals surface area contributed by atoms with Gasteiger partial charge in [-0.25, -0.2) is 4.39 Å². The minimum Gasteiger partial charge on any atom is -0.367 e. The average molecular weight is 260 g/mol. The molecule has 1 aliphatic carbocycles. The Bertz CT molecular complexity index is 576. The van der Waals surface area contributed by atoms with Crippen molar-refractivity contribution in [2.75, 3.05) is 5.73 Å². The predicted molar refractivity (Wildman–Crippen MR) is 72.1 cm³/mol. The summed E-state index contributed by atoms with van der Waals surface area (Å²) in [7, 11) is 0. The summed E-state index contributed by atoms with van der Waals surface area (Å²) in [5, 5.41) is 4.15. The van der Waals surface area contributed by atoms with E-state index >= 15 is 0 Å². The highest BCUT2D eigenvalue weighted by Crippen LogP contribution is 2.44. The molecule has 0 radical (unpaired) electrons. The standard InChI is InChI=1S/C15H17FN2O/c1-9-3-2-4-12(9)14-13(15(17)19-18-14)10-5-7-11(16)8-6-10/h5-9,12H,2-4,17H2,1H3. The molecule has 4 heteroatoms. The van der Waals surface area contributed by atoms with Crippen LogP contribution in [0.2, 0.25) is 0 Å². The number of nitrogen functional groups attached to an aromatic ring is 1. The molecule has 3 rings (SSSR count). The van der Waals surface area contributed by atoms with Crippen LogP contribution in [-0.2, 0) is 0 Å². The third-order valence-corrected chi connectivity index (χ3v) is 4.09. The molecule has 1 aromatic carbocycles. The second-order valence-corrected chi connectivity index (χ2v) is 5.33.